The number of aromatic nitrogens is 4. The lowest BCUT2D eigenvalue weighted by Crippen LogP contribution is -2.24. The Morgan fingerprint density at radius 2 is 0.818 bits per heavy atom. The Balaban J connectivity index is 1.45. The number of fused-ring (bicyclic) bond motifs is 4. The molecule has 0 N–H and O–H groups in total. The van der Waals surface area contributed by atoms with Crippen LogP contribution in [-0.4, -0.2) is 31.8 Å². The van der Waals surface area contributed by atoms with Gasteiger partial charge in [-0.2, -0.15) is 0 Å². The fourth-order valence-corrected chi connectivity index (χ4v) is 5.91. The maximum atomic E-state index is 14.7. The van der Waals surface area contributed by atoms with Crippen LogP contribution in [0.4, 0.5) is 23.0 Å². The van der Waals surface area contributed by atoms with Crippen LogP contribution < -0.4 is 9.80 Å². The summed E-state index contributed by atoms with van der Waals surface area (Å²) in [6.45, 7) is 8.06. The summed E-state index contributed by atoms with van der Waals surface area (Å²) in [5.74, 6) is -0.00567. The molecule has 8 heteroatoms. The van der Waals surface area contributed by atoms with Crippen molar-refractivity contribution >= 4 is 68.0 Å². The number of nitrogens with zero attached hydrogens (tertiary/aromatic N) is 6. The molecular weight excluding hydrogens is 548 g/mol. The van der Waals surface area contributed by atoms with Gasteiger partial charge in [-0.15, -0.1) is 0 Å². The fraction of sp³-hybridized carbons (Fsp3) is 0.111. The maximum Gasteiger partial charge on any atom is 0.267 e. The lowest BCUT2D eigenvalue weighted by Gasteiger charge is -2.18. The molecule has 0 unspecified atom stereocenters. The summed E-state index contributed by atoms with van der Waals surface area (Å²) in [4.78, 5) is 52.1. The summed E-state index contributed by atoms with van der Waals surface area (Å²) in [6.07, 6.45) is 0. The molecule has 0 saturated carbocycles. The number of hydrogen-bond acceptors (Lipinski definition) is 6. The Kier molecular flexibility index (Phi) is 5.52. The SMILES string of the molecule is Cc1ccc(N2C(=O)C(=C3C(=O)N(c4ccc(C)c(C)c4)c4nc5ccccc5nc43)c3nc4ccccc4nc32)cc1C. The molecule has 0 saturated heterocycles. The molecule has 8 rings (SSSR count). The van der Waals surface area contributed by atoms with Gasteiger partial charge in [0.2, 0.25) is 0 Å². The molecule has 2 aliphatic heterocycles. The number of carbonyl (C=O) groups is 2. The van der Waals surface area contributed by atoms with E-state index in [-0.39, 0.29) is 23.0 Å². The highest BCUT2D eigenvalue weighted by Crippen LogP contribution is 2.49. The Morgan fingerprint density at radius 3 is 1.18 bits per heavy atom. The first-order valence-corrected chi connectivity index (χ1v) is 14.4. The Labute approximate surface area is 253 Å². The average molecular weight is 575 g/mol. The van der Waals surface area contributed by atoms with E-state index in [9.17, 15) is 9.59 Å². The molecule has 4 heterocycles. The van der Waals surface area contributed by atoms with E-state index in [0.29, 0.717) is 56.5 Å². The van der Waals surface area contributed by atoms with Crippen LogP contribution in [0, 0.1) is 27.7 Å². The van der Waals surface area contributed by atoms with E-state index in [2.05, 4.69) is 0 Å². The lowest BCUT2D eigenvalue weighted by molar-refractivity contribution is -0.114. The van der Waals surface area contributed by atoms with Crippen molar-refractivity contribution in [1.82, 2.24) is 19.9 Å². The Hall–Kier alpha value is -5.76. The molecular formula is C36H26N6O2. The minimum atomic E-state index is -0.384. The van der Waals surface area contributed by atoms with Gasteiger partial charge in [0.15, 0.2) is 11.6 Å². The van der Waals surface area contributed by atoms with Gasteiger partial charge in [-0.3, -0.25) is 19.4 Å². The molecule has 0 spiro atoms. The van der Waals surface area contributed by atoms with Crippen molar-refractivity contribution in [3.63, 3.8) is 0 Å². The zero-order valence-corrected chi connectivity index (χ0v) is 24.6. The van der Waals surface area contributed by atoms with Gasteiger partial charge in [-0.25, -0.2) is 19.9 Å². The van der Waals surface area contributed by atoms with E-state index in [0.717, 1.165) is 22.3 Å². The van der Waals surface area contributed by atoms with Gasteiger partial charge < -0.3 is 0 Å². The first-order chi connectivity index (χ1) is 21.3. The summed E-state index contributed by atoms with van der Waals surface area (Å²) < 4.78 is 0. The third-order valence-corrected chi connectivity index (χ3v) is 8.58. The number of anilines is 4. The number of carbonyl (C=O) groups excluding carboxylic acids is 2. The van der Waals surface area contributed by atoms with Gasteiger partial charge in [0, 0.05) is 0 Å². The molecule has 4 aromatic carbocycles. The quantitative estimate of drug-likeness (QED) is 0.205. The van der Waals surface area contributed by atoms with E-state index in [1.165, 1.54) is 0 Å². The van der Waals surface area contributed by atoms with E-state index in [1.807, 2.05) is 113 Å². The van der Waals surface area contributed by atoms with Gasteiger partial charge in [-0.1, -0.05) is 36.4 Å². The predicted octanol–water partition coefficient (Wildman–Crippen LogP) is 7.07. The Morgan fingerprint density at radius 1 is 0.455 bits per heavy atom. The van der Waals surface area contributed by atoms with Crippen molar-refractivity contribution in [3.8, 4) is 0 Å². The number of rotatable bonds is 2. The van der Waals surface area contributed by atoms with Crippen LogP contribution in [0.2, 0.25) is 0 Å². The molecule has 2 amide bonds. The van der Waals surface area contributed by atoms with Crippen molar-refractivity contribution in [3.05, 3.63) is 119 Å². The number of para-hydroxylation sites is 4. The first-order valence-electron chi connectivity index (χ1n) is 14.4. The molecule has 0 radical (unpaired) electrons. The zero-order chi connectivity index (χ0) is 30.3. The minimum absolute atomic E-state index is 0.165. The number of amides is 2. The summed E-state index contributed by atoms with van der Waals surface area (Å²) in [5, 5.41) is 0. The number of hydrogen-bond donors (Lipinski definition) is 0. The molecule has 2 aliphatic rings. The van der Waals surface area contributed by atoms with Gasteiger partial charge in [0.25, 0.3) is 11.8 Å². The minimum Gasteiger partial charge on any atom is -0.268 e. The van der Waals surface area contributed by atoms with Gasteiger partial charge in [0.1, 0.15) is 11.4 Å². The molecule has 0 atom stereocenters. The van der Waals surface area contributed by atoms with Crippen LogP contribution in [0.25, 0.3) is 33.2 Å². The van der Waals surface area contributed by atoms with Crippen molar-refractivity contribution < 1.29 is 9.59 Å². The van der Waals surface area contributed by atoms with E-state index in [4.69, 9.17) is 19.9 Å². The molecule has 6 aromatic rings. The zero-order valence-electron chi connectivity index (χ0n) is 24.6. The normalized spacial score (nSPS) is 15.9. The number of benzene rings is 4. The van der Waals surface area contributed by atoms with Crippen LogP contribution in [0.15, 0.2) is 84.9 Å². The lowest BCUT2D eigenvalue weighted by atomic mass is 10.0. The van der Waals surface area contributed by atoms with Crippen molar-refractivity contribution in [1.29, 1.82) is 0 Å². The number of aryl methyl sites for hydroxylation is 4. The predicted molar refractivity (Wildman–Crippen MR) is 172 cm³/mol. The highest BCUT2D eigenvalue weighted by Gasteiger charge is 2.46. The van der Waals surface area contributed by atoms with Crippen LogP contribution in [-0.2, 0) is 9.59 Å². The summed E-state index contributed by atoms with van der Waals surface area (Å²) in [6, 6.07) is 26.6. The second-order valence-electron chi connectivity index (χ2n) is 11.3. The highest BCUT2D eigenvalue weighted by atomic mass is 16.2. The molecule has 212 valence electrons. The third kappa shape index (κ3) is 3.70. The van der Waals surface area contributed by atoms with Crippen LogP contribution in [0.5, 0.6) is 0 Å². The summed E-state index contributed by atoms with van der Waals surface area (Å²) >= 11 is 0. The molecule has 8 nitrogen and oxygen atoms in total. The van der Waals surface area contributed by atoms with Crippen LogP contribution >= 0.6 is 0 Å². The van der Waals surface area contributed by atoms with Crippen LogP contribution in [0.1, 0.15) is 33.6 Å². The van der Waals surface area contributed by atoms with Crippen molar-refractivity contribution in [2.24, 2.45) is 0 Å². The smallest absolute Gasteiger partial charge is 0.267 e. The van der Waals surface area contributed by atoms with E-state index < -0.39 is 0 Å². The van der Waals surface area contributed by atoms with E-state index >= 15 is 0 Å². The molecule has 0 fully saturated rings. The van der Waals surface area contributed by atoms with Crippen molar-refractivity contribution in [2.75, 3.05) is 9.80 Å². The van der Waals surface area contributed by atoms with Gasteiger partial charge in [0.05, 0.1) is 44.6 Å². The highest BCUT2D eigenvalue weighted by molar-refractivity contribution is 6.50. The molecule has 2 aromatic heterocycles. The Bertz CT molecular complexity index is 2130. The fourth-order valence-electron chi connectivity index (χ4n) is 5.91. The second kappa shape index (κ2) is 9.37. The first kappa shape index (κ1) is 25.9. The topological polar surface area (TPSA) is 92.2 Å². The average Bonchev–Trinajstić information content (AvgIpc) is 3.45. The standard InChI is InChI=1S/C36H26N6O2/c1-19-13-15-23(17-21(19)3)41-33-31(37-25-9-5-7-11-27(25)39-33)29(35(41)43)30-32-34(40-28-12-8-6-10-26(28)38-32)42(36(30)44)24-16-14-20(2)22(4)18-24/h5-18H,1-4H3. The van der Waals surface area contributed by atoms with Crippen LogP contribution in [0.3, 0.4) is 0 Å². The van der Waals surface area contributed by atoms with Crippen molar-refractivity contribution in [2.45, 2.75) is 27.7 Å². The molecule has 0 aliphatic carbocycles. The maximum absolute atomic E-state index is 14.7. The molecule has 44 heavy (non-hydrogen) atoms. The third-order valence-electron chi connectivity index (χ3n) is 8.58. The van der Waals surface area contributed by atoms with E-state index in [1.54, 1.807) is 9.80 Å². The van der Waals surface area contributed by atoms with Gasteiger partial charge >= 0.3 is 0 Å². The largest absolute Gasteiger partial charge is 0.268 e. The summed E-state index contributed by atoms with van der Waals surface area (Å²) in [7, 11) is 0. The second-order valence-corrected chi connectivity index (χ2v) is 11.3. The summed E-state index contributed by atoms with van der Waals surface area (Å²) in [5.41, 5.74) is 9.17. The monoisotopic (exact) mass is 574 g/mol. The van der Waals surface area contributed by atoms with Gasteiger partial charge in [-0.05, 0) is 98.5 Å². The molecule has 0 bridgehead atoms.